The summed E-state index contributed by atoms with van der Waals surface area (Å²) in [4.78, 5) is 45.7. The van der Waals surface area contributed by atoms with Gasteiger partial charge in [0.05, 0.1) is 18.5 Å². The van der Waals surface area contributed by atoms with Gasteiger partial charge in [-0.1, -0.05) is 43.3 Å². The monoisotopic (exact) mass is 523 g/mol. The first kappa shape index (κ1) is 26.2. The minimum absolute atomic E-state index is 0.0197. The molecule has 1 unspecified atom stereocenters. The molecule has 1 atom stereocenters. The van der Waals surface area contributed by atoms with Crippen molar-refractivity contribution in [3.05, 3.63) is 89.5 Å². The van der Waals surface area contributed by atoms with Crippen molar-refractivity contribution in [2.45, 2.75) is 45.6 Å². The number of anilines is 3. The predicted octanol–water partition coefficient (Wildman–Crippen LogP) is 6.39. The van der Waals surface area contributed by atoms with Crippen LogP contribution in [0.2, 0.25) is 0 Å². The molecule has 0 aromatic heterocycles. The van der Waals surface area contributed by atoms with E-state index in [-0.39, 0.29) is 17.0 Å². The van der Waals surface area contributed by atoms with Gasteiger partial charge in [0.1, 0.15) is 11.3 Å². The van der Waals surface area contributed by atoms with E-state index in [0.29, 0.717) is 22.7 Å². The van der Waals surface area contributed by atoms with E-state index in [9.17, 15) is 14.4 Å². The summed E-state index contributed by atoms with van der Waals surface area (Å²) in [6, 6.07) is 20.6. The highest BCUT2D eigenvalue weighted by atomic mass is 16.5. The van der Waals surface area contributed by atoms with Crippen LogP contribution in [0.25, 0.3) is 6.08 Å². The molecule has 0 saturated carbocycles. The molecule has 39 heavy (non-hydrogen) atoms. The normalized spacial score (nSPS) is 18.8. The molecular weight excluding hydrogens is 490 g/mol. The van der Waals surface area contributed by atoms with Crippen molar-refractivity contribution in [2.75, 3.05) is 28.4 Å². The number of nitrogens with zero attached hydrogens (tertiary/aromatic N) is 3. The molecule has 3 aromatic rings. The minimum atomic E-state index is -0.716. The van der Waals surface area contributed by atoms with Gasteiger partial charge < -0.3 is 9.64 Å². The fourth-order valence-corrected chi connectivity index (χ4v) is 5.91. The summed E-state index contributed by atoms with van der Waals surface area (Å²) in [6.07, 6.45) is 2.52. The average molecular weight is 524 g/mol. The summed E-state index contributed by atoms with van der Waals surface area (Å²) in [5.74, 6) is -0.526. The second kappa shape index (κ2) is 10.1. The Kier molecular flexibility index (Phi) is 6.76. The largest absolute Gasteiger partial charge is 0.496 e. The number of carbonyl (C=O) groups excluding carboxylic acids is 3. The van der Waals surface area contributed by atoms with E-state index in [0.717, 1.165) is 34.0 Å². The number of benzene rings is 3. The molecule has 1 fully saturated rings. The van der Waals surface area contributed by atoms with Crippen LogP contribution in [0.5, 0.6) is 5.75 Å². The molecule has 0 spiro atoms. The summed E-state index contributed by atoms with van der Waals surface area (Å²) in [6.45, 7) is 9.65. The zero-order valence-corrected chi connectivity index (χ0v) is 23.0. The van der Waals surface area contributed by atoms with Crippen molar-refractivity contribution in [1.82, 2.24) is 0 Å². The summed E-state index contributed by atoms with van der Waals surface area (Å²) < 4.78 is 5.78. The third-order valence-electron chi connectivity index (χ3n) is 7.63. The van der Waals surface area contributed by atoms with Crippen LogP contribution in [0.4, 0.5) is 21.9 Å². The fourth-order valence-electron chi connectivity index (χ4n) is 5.91. The van der Waals surface area contributed by atoms with Crippen molar-refractivity contribution >= 4 is 41.0 Å². The van der Waals surface area contributed by atoms with Crippen molar-refractivity contribution in [1.29, 1.82) is 0 Å². The number of barbiturate groups is 1. The van der Waals surface area contributed by atoms with Crippen LogP contribution in [0.15, 0.2) is 78.4 Å². The van der Waals surface area contributed by atoms with Gasteiger partial charge in [-0.25, -0.2) is 14.6 Å². The lowest BCUT2D eigenvalue weighted by molar-refractivity contribution is -0.121. The van der Waals surface area contributed by atoms with E-state index in [2.05, 4.69) is 32.6 Å². The maximum absolute atomic E-state index is 13.8. The van der Waals surface area contributed by atoms with Gasteiger partial charge >= 0.3 is 6.03 Å². The second-order valence-electron chi connectivity index (χ2n) is 10.6. The van der Waals surface area contributed by atoms with Gasteiger partial charge in [0.15, 0.2) is 0 Å². The molecule has 2 aliphatic rings. The van der Waals surface area contributed by atoms with E-state index in [1.807, 2.05) is 12.1 Å². The Morgan fingerprint density at radius 1 is 0.897 bits per heavy atom. The van der Waals surface area contributed by atoms with Crippen LogP contribution in [0, 0.1) is 0 Å². The molecule has 0 N–H and O–H groups in total. The Labute approximate surface area is 229 Å². The number of rotatable bonds is 5. The Hall–Kier alpha value is -4.39. The van der Waals surface area contributed by atoms with Crippen molar-refractivity contribution in [3.8, 4) is 5.75 Å². The number of fused-ring (bicyclic) bond motifs is 1. The van der Waals surface area contributed by atoms with Gasteiger partial charge in [-0.3, -0.25) is 9.59 Å². The third-order valence-corrected chi connectivity index (χ3v) is 7.63. The van der Waals surface area contributed by atoms with Crippen molar-refractivity contribution in [2.24, 2.45) is 0 Å². The lowest BCUT2D eigenvalue weighted by Gasteiger charge is -2.47. The quantitative estimate of drug-likeness (QED) is 0.286. The molecule has 1 saturated heterocycles. The Balaban J connectivity index is 1.68. The molecule has 2 aliphatic heterocycles. The van der Waals surface area contributed by atoms with Gasteiger partial charge in [-0.2, -0.15) is 0 Å². The predicted molar refractivity (Wildman–Crippen MR) is 154 cm³/mol. The van der Waals surface area contributed by atoms with Crippen LogP contribution in [0.3, 0.4) is 0 Å². The highest BCUT2D eigenvalue weighted by molar-refractivity contribution is 6.46. The van der Waals surface area contributed by atoms with Gasteiger partial charge in [-0.15, -0.1) is 0 Å². The molecule has 200 valence electrons. The topological polar surface area (TPSA) is 70.2 Å². The maximum atomic E-state index is 13.8. The van der Waals surface area contributed by atoms with Crippen molar-refractivity contribution < 1.29 is 19.1 Å². The van der Waals surface area contributed by atoms with E-state index < -0.39 is 17.8 Å². The Morgan fingerprint density at radius 3 is 1.92 bits per heavy atom. The lowest BCUT2D eigenvalue weighted by atomic mass is 9.79. The number of carbonyl (C=O) groups is 3. The van der Waals surface area contributed by atoms with Gasteiger partial charge in [0, 0.05) is 29.4 Å². The summed E-state index contributed by atoms with van der Waals surface area (Å²) in [5.41, 5.74) is 3.48. The van der Waals surface area contributed by atoms with Gasteiger partial charge in [0.2, 0.25) is 0 Å². The van der Waals surface area contributed by atoms with Crippen molar-refractivity contribution in [3.63, 3.8) is 0 Å². The SMILES string of the molecule is CCN1c2cc(OC)c(C=C3C(=O)N(c4ccccc4)C(=O)N(c4ccccc4)C3=O)cc2C(C)CC1(C)C. The number of hydrogen-bond acceptors (Lipinski definition) is 5. The fraction of sp³-hybridized carbons (Fsp3) is 0.281. The first-order chi connectivity index (χ1) is 18.7. The first-order valence-electron chi connectivity index (χ1n) is 13.2. The van der Waals surface area contributed by atoms with Crippen LogP contribution in [-0.2, 0) is 9.59 Å². The number of imide groups is 2. The van der Waals surface area contributed by atoms with Gasteiger partial charge in [0.25, 0.3) is 11.8 Å². The maximum Gasteiger partial charge on any atom is 0.343 e. The van der Waals surface area contributed by atoms with Crippen LogP contribution >= 0.6 is 0 Å². The minimum Gasteiger partial charge on any atom is -0.496 e. The summed E-state index contributed by atoms with van der Waals surface area (Å²) in [7, 11) is 1.58. The summed E-state index contributed by atoms with van der Waals surface area (Å²) in [5, 5.41) is 0. The van der Waals surface area contributed by atoms with Crippen LogP contribution in [0.1, 0.15) is 51.2 Å². The standard InChI is InChI=1S/C32H33N3O4/c1-6-33-27-19-28(39-5)22(17-25(27)21(2)20-32(33,3)4)18-26-29(36)34(23-13-9-7-10-14-23)31(38)35(30(26)37)24-15-11-8-12-16-24/h7-19,21H,6,20H2,1-5H3. The molecule has 7 nitrogen and oxygen atoms in total. The number of methoxy groups -OCH3 is 1. The van der Waals surface area contributed by atoms with E-state index >= 15 is 0 Å². The molecule has 0 aliphatic carbocycles. The van der Waals surface area contributed by atoms with E-state index in [1.165, 1.54) is 0 Å². The van der Waals surface area contributed by atoms with Crippen LogP contribution < -0.4 is 19.4 Å². The van der Waals surface area contributed by atoms with Crippen LogP contribution in [-0.4, -0.2) is 37.0 Å². The van der Waals surface area contributed by atoms with E-state index in [1.54, 1.807) is 73.8 Å². The smallest absolute Gasteiger partial charge is 0.343 e. The molecule has 5 rings (SSSR count). The molecule has 0 radical (unpaired) electrons. The number of hydrogen-bond donors (Lipinski definition) is 0. The highest BCUT2D eigenvalue weighted by Crippen LogP contribution is 2.46. The molecule has 3 aromatic carbocycles. The third kappa shape index (κ3) is 4.48. The molecular formula is C32H33N3O4. The number of urea groups is 1. The second-order valence-corrected chi connectivity index (χ2v) is 10.6. The summed E-state index contributed by atoms with van der Waals surface area (Å²) >= 11 is 0. The molecule has 4 amide bonds. The average Bonchev–Trinajstić information content (AvgIpc) is 2.92. The Bertz CT molecular complexity index is 1400. The Morgan fingerprint density at radius 2 is 1.44 bits per heavy atom. The first-order valence-corrected chi connectivity index (χ1v) is 13.2. The highest BCUT2D eigenvalue weighted by Gasteiger charge is 2.44. The molecule has 0 bridgehead atoms. The number of para-hydroxylation sites is 2. The van der Waals surface area contributed by atoms with Gasteiger partial charge in [-0.05, 0) is 75.1 Å². The number of ether oxygens (including phenoxy) is 1. The lowest BCUT2D eigenvalue weighted by Crippen LogP contribution is -2.57. The van der Waals surface area contributed by atoms with E-state index in [4.69, 9.17) is 4.74 Å². The molecule has 7 heteroatoms. The zero-order valence-electron chi connectivity index (χ0n) is 23.0. The zero-order chi connectivity index (χ0) is 27.9. The number of amides is 4. The molecule has 2 heterocycles.